The number of rotatable bonds is 5. The van der Waals surface area contributed by atoms with Crippen LogP contribution in [0.4, 0.5) is 0 Å². The Bertz CT molecular complexity index is 759. The molecule has 1 atom stereocenters. The normalized spacial score (nSPS) is 18.9. The van der Waals surface area contributed by atoms with E-state index >= 15 is 0 Å². The van der Waals surface area contributed by atoms with Crippen LogP contribution < -0.4 is 4.74 Å². The zero-order valence-electron chi connectivity index (χ0n) is 13.2. The first kappa shape index (κ1) is 16.0. The molecule has 0 amide bonds. The van der Waals surface area contributed by atoms with Crippen molar-refractivity contribution in [3.8, 4) is 5.75 Å². The standard InChI is InChI=1S/C18H21NO3S/c1-2-22-17-10-6-7-11-18(17)23(20,21)19-13-12-16(14-19)15-8-4-3-5-9-15/h3-11,16H,2,12-14H2,1H3. The number of benzene rings is 2. The molecular formula is C18H21NO3S. The molecule has 1 aliphatic rings. The third kappa shape index (κ3) is 3.26. The Balaban J connectivity index is 1.84. The largest absolute Gasteiger partial charge is 0.492 e. The van der Waals surface area contributed by atoms with E-state index in [0.29, 0.717) is 25.4 Å². The highest BCUT2D eigenvalue weighted by molar-refractivity contribution is 7.89. The predicted molar refractivity (Wildman–Crippen MR) is 90.2 cm³/mol. The van der Waals surface area contributed by atoms with E-state index in [2.05, 4.69) is 12.1 Å². The molecule has 1 unspecified atom stereocenters. The maximum Gasteiger partial charge on any atom is 0.246 e. The van der Waals surface area contributed by atoms with Crippen LogP contribution in [0.25, 0.3) is 0 Å². The quantitative estimate of drug-likeness (QED) is 0.845. The van der Waals surface area contributed by atoms with Gasteiger partial charge in [-0.1, -0.05) is 42.5 Å². The van der Waals surface area contributed by atoms with Gasteiger partial charge in [-0.15, -0.1) is 0 Å². The molecule has 2 aromatic rings. The van der Waals surface area contributed by atoms with Gasteiger partial charge in [-0.25, -0.2) is 8.42 Å². The third-order valence-corrected chi connectivity index (χ3v) is 6.09. The number of para-hydroxylation sites is 1. The van der Waals surface area contributed by atoms with Crippen molar-refractivity contribution in [1.82, 2.24) is 4.31 Å². The van der Waals surface area contributed by atoms with Crippen molar-refractivity contribution in [3.05, 3.63) is 60.2 Å². The highest BCUT2D eigenvalue weighted by Gasteiger charge is 2.34. The molecule has 1 heterocycles. The summed E-state index contributed by atoms with van der Waals surface area (Å²) in [4.78, 5) is 0.260. The van der Waals surface area contributed by atoms with Crippen molar-refractivity contribution < 1.29 is 13.2 Å². The molecule has 0 spiro atoms. The van der Waals surface area contributed by atoms with Gasteiger partial charge in [-0.05, 0) is 37.0 Å². The maximum absolute atomic E-state index is 13.0. The van der Waals surface area contributed by atoms with Crippen LogP contribution in [0.5, 0.6) is 5.75 Å². The first-order valence-corrected chi connectivity index (χ1v) is 9.34. The Morgan fingerprint density at radius 3 is 2.52 bits per heavy atom. The molecular weight excluding hydrogens is 310 g/mol. The van der Waals surface area contributed by atoms with E-state index in [-0.39, 0.29) is 10.8 Å². The number of hydrogen-bond acceptors (Lipinski definition) is 3. The van der Waals surface area contributed by atoms with Gasteiger partial charge in [0.2, 0.25) is 10.0 Å². The minimum atomic E-state index is -3.52. The van der Waals surface area contributed by atoms with E-state index in [0.717, 1.165) is 6.42 Å². The Morgan fingerprint density at radius 2 is 1.78 bits per heavy atom. The van der Waals surface area contributed by atoms with Crippen molar-refractivity contribution in [2.45, 2.75) is 24.2 Å². The molecule has 122 valence electrons. The van der Waals surface area contributed by atoms with Gasteiger partial charge >= 0.3 is 0 Å². The molecule has 0 bridgehead atoms. The number of sulfonamides is 1. The van der Waals surface area contributed by atoms with Crippen LogP contribution in [-0.2, 0) is 10.0 Å². The van der Waals surface area contributed by atoms with Crippen LogP contribution in [0, 0.1) is 0 Å². The summed E-state index contributed by atoms with van der Waals surface area (Å²) in [6.45, 7) is 3.36. The summed E-state index contributed by atoms with van der Waals surface area (Å²) in [6.07, 6.45) is 0.847. The van der Waals surface area contributed by atoms with E-state index < -0.39 is 10.0 Å². The summed E-state index contributed by atoms with van der Waals surface area (Å²) in [5.41, 5.74) is 1.20. The monoisotopic (exact) mass is 331 g/mol. The Kier molecular flexibility index (Phi) is 4.68. The number of hydrogen-bond donors (Lipinski definition) is 0. The summed E-state index contributed by atoms with van der Waals surface area (Å²) in [7, 11) is -3.52. The van der Waals surface area contributed by atoms with Gasteiger partial charge in [-0.3, -0.25) is 0 Å². The van der Waals surface area contributed by atoms with E-state index in [1.807, 2.05) is 25.1 Å². The SMILES string of the molecule is CCOc1ccccc1S(=O)(=O)N1CCC(c2ccccc2)C1. The maximum atomic E-state index is 13.0. The molecule has 23 heavy (non-hydrogen) atoms. The molecule has 0 N–H and O–H groups in total. The van der Waals surface area contributed by atoms with Gasteiger partial charge in [0.05, 0.1) is 6.61 Å². The van der Waals surface area contributed by atoms with E-state index in [4.69, 9.17) is 4.74 Å². The zero-order chi connectivity index (χ0) is 16.3. The molecule has 0 radical (unpaired) electrons. The Labute approximate surface area is 137 Å². The lowest BCUT2D eigenvalue weighted by Gasteiger charge is -2.19. The van der Waals surface area contributed by atoms with E-state index in [1.165, 1.54) is 5.56 Å². The fraction of sp³-hybridized carbons (Fsp3) is 0.333. The lowest BCUT2D eigenvalue weighted by Crippen LogP contribution is -2.29. The number of ether oxygens (including phenoxy) is 1. The van der Waals surface area contributed by atoms with Gasteiger partial charge in [0.25, 0.3) is 0 Å². The zero-order valence-corrected chi connectivity index (χ0v) is 14.0. The smallest absolute Gasteiger partial charge is 0.246 e. The van der Waals surface area contributed by atoms with Gasteiger partial charge in [0.1, 0.15) is 10.6 Å². The highest BCUT2D eigenvalue weighted by Crippen LogP contribution is 2.33. The second kappa shape index (κ2) is 6.72. The Morgan fingerprint density at radius 1 is 1.09 bits per heavy atom. The molecule has 0 aliphatic carbocycles. The fourth-order valence-corrected chi connectivity index (χ4v) is 4.65. The summed E-state index contributed by atoms with van der Waals surface area (Å²) >= 11 is 0. The second-order valence-corrected chi connectivity index (χ2v) is 7.55. The summed E-state index contributed by atoms with van der Waals surface area (Å²) in [6, 6.07) is 17.0. The van der Waals surface area contributed by atoms with Crippen molar-refractivity contribution in [2.24, 2.45) is 0 Å². The summed E-state index contributed by atoms with van der Waals surface area (Å²) in [5.74, 6) is 0.684. The second-order valence-electron chi connectivity index (χ2n) is 5.64. The van der Waals surface area contributed by atoms with Crippen LogP contribution in [0.2, 0.25) is 0 Å². The minimum Gasteiger partial charge on any atom is -0.492 e. The van der Waals surface area contributed by atoms with Crippen LogP contribution in [0.15, 0.2) is 59.5 Å². The predicted octanol–water partition coefficient (Wildman–Crippen LogP) is 3.26. The van der Waals surface area contributed by atoms with Crippen molar-refractivity contribution in [1.29, 1.82) is 0 Å². The van der Waals surface area contributed by atoms with Crippen LogP contribution in [-0.4, -0.2) is 32.4 Å². The average molecular weight is 331 g/mol. The molecule has 0 saturated carbocycles. The first-order chi connectivity index (χ1) is 11.1. The van der Waals surface area contributed by atoms with Gasteiger partial charge in [0.15, 0.2) is 0 Å². The lowest BCUT2D eigenvalue weighted by molar-refractivity contribution is 0.329. The highest BCUT2D eigenvalue weighted by atomic mass is 32.2. The van der Waals surface area contributed by atoms with E-state index in [1.54, 1.807) is 28.6 Å². The van der Waals surface area contributed by atoms with Crippen LogP contribution >= 0.6 is 0 Å². The van der Waals surface area contributed by atoms with Crippen LogP contribution in [0.3, 0.4) is 0 Å². The fourth-order valence-electron chi connectivity index (χ4n) is 3.02. The molecule has 0 aromatic heterocycles. The molecule has 1 aliphatic heterocycles. The number of nitrogens with zero attached hydrogens (tertiary/aromatic N) is 1. The van der Waals surface area contributed by atoms with Crippen molar-refractivity contribution in [3.63, 3.8) is 0 Å². The lowest BCUT2D eigenvalue weighted by atomic mass is 9.99. The molecule has 1 fully saturated rings. The average Bonchev–Trinajstić information content (AvgIpc) is 3.07. The van der Waals surface area contributed by atoms with Gasteiger partial charge in [-0.2, -0.15) is 4.31 Å². The molecule has 1 saturated heterocycles. The molecule has 3 rings (SSSR count). The van der Waals surface area contributed by atoms with Gasteiger partial charge < -0.3 is 4.74 Å². The molecule has 2 aromatic carbocycles. The summed E-state index contributed by atoms with van der Waals surface area (Å²) in [5, 5.41) is 0. The molecule has 4 nitrogen and oxygen atoms in total. The van der Waals surface area contributed by atoms with Gasteiger partial charge in [0, 0.05) is 13.1 Å². The minimum absolute atomic E-state index is 0.255. The third-order valence-electron chi connectivity index (χ3n) is 4.19. The van der Waals surface area contributed by atoms with E-state index in [9.17, 15) is 8.42 Å². The Hall–Kier alpha value is -1.85. The topological polar surface area (TPSA) is 46.6 Å². The van der Waals surface area contributed by atoms with Crippen molar-refractivity contribution in [2.75, 3.05) is 19.7 Å². The summed E-state index contributed by atoms with van der Waals surface area (Å²) < 4.78 is 33.0. The molecule has 5 heteroatoms. The van der Waals surface area contributed by atoms with Crippen molar-refractivity contribution >= 4 is 10.0 Å². The first-order valence-electron chi connectivity index (χ1n) is 7.90. The van der Waals surface area contributed by atoms with Crippen LogP contribution in [0.1, 0.15) is 24.8 Å².